The Kier molecular flexibility index (Phi) is 5.50. The van der Waals surface area contributed by atoms with Gasteiger partial charge in [-0.25, -0.2) is 9.97 Å². The van der Waals surface area contributed by atoms with Crippen LogP contribution in [0.5, 0.6) is 5.75 Å². The molecule has 0 aliphatic carbocycles. The summed E-state index contributed by atoms with van der Waals surface area (Å²) in [5, 5.41) is 0. The van der Waals surface area contributed by atoms with Gasteiger partial charge in [0.15, 0.2) is 5.82 Å². The second-order valence-electron chi connectivity index (χ2n) is 8.35. The number of benzene rings is 1. The van der Waals surface area contributed by atoms with Gasteiger partial charge < -0.3 is 9.64 Å². The van der Waals surface area contributed by atoms with Crippen LogP contribution in [0.1, 0.15) is 52.0 Å². The van der Waals surface area contributed by atoms with Crippen LogP contribution in [0, 0.1) is 6.92 Å². The number of hydrogen-bond donors (Lipinski definition) is 0. The van der Waals surface area contributed by atoms with Crippen LogP contribution in [0.4, 0.5) is 5.82 Å². The lowest BCUT2D eigenvalue weighted by Crippen LogP contribution is -2.32. The van der Waals surface area contributed by atoms with E-state index in [1.807, 2.05) is 37.3 Å². The normalized spacial score (nSPS) is 17.4. The molecule has 1 aromatic carbocycles. The molecular weight excluding hydrogens is 418 g/mol. The third kappa shape index (κ3) is 3.92. The van der Waals surface area contributed by atoms with Gasteiger partial charge in [-0.15, -0.1) is 0 Å². The van der Waals surface area contributed by atoms with E-state index < -0.39 is 0 Å². The van der Waals surface area contributed by atoms with Crippen molar-refractivity contribution in [1.82, 2.24) is 19.9 Å². The Balaban J connectivity index is 1.47. The molecular formula is C25H25N5O3. The third-order valence-corrected chi connectivity index (χ3v) is 6.26. The maximum absolute atomic E-state index is 13.1. The quantitative estimate of drug-likeness (QED) is 0.602. The van der Waals surface area contributed by atoms with Crippen LogP contribution in [0.25, 0.3) is 0 Å². The van der Waals surface area contributed by atoms with Gasteiger partial charge >= 0.3 is 0 Å². The Morgan fingerprint density at radius 1 is 1.18 bits per heavy atom. The average Bonchev–Trinajstić information content (AvgIpc) is 3.45. The van der Waals surface area contributed by atoms with Crippen molar-refractivity contribution in [1.29, 1.82) is 0 Å². The largest absolute Gasteiger partial charge is 0.497 e. The molecule has 2 aromatic heterocycles. The lowest BCUT2D eigenvalue weighted by Gasteiger charge is -2.25. The van der Waals surface area contributed by atoms with Gasteiger partial charge in [-0.1, -0.05) is 18.2 Å². The summed E-state index contributed by atoms with van der Waals surface area (Å²) in [5.74, 6) is 1.84. The summed E-state index contributed by atoms with van der Waals surface area (Å²) < 4.78 is 5.32. The minimum Gasteiger partial charge on any atom is -0.497 e. The topological polar surface area (TPSA) is 88.5 Å². The van der Waals surface area contributed by atoms with Gasteiger partial charge in [0.25, 0.3) is 5.91 Å². The lowest BCUT2D eigenvalue weighted by atomic mass is 10.1. The summed E-state index contributed by atoms with van der Waals surface area (Å²) in [6, 6.07) is 12.8. The van der Waals surface area contributed by atoms with Gasteiger partial charge in [0, 0.05) is 24.0 Å². The number of methoxy groups -OCH3 is 1. The van der Waals surface area contributed by atoms with Crippen LogP contribution < -0.4 is 9.64 Å². The predicted octanol–water partition coefficient (Wildman–Crippen LogP) is 3.26. The minimum atomic E-state index is -0.238. The van der Waals surface area contributed by atoms with Gasteiger partial charge in [-0.05, 0) is 49.6 Å². The van der Waals surface area contributed by atoms with Crippen LogP contribution in [0.3, 0.4) is 0 Å². The van der Waals surface area contributed by atoms with Gasteiger partial charge in [-0.2, -0.15) is 0 Å². The first-order valence-corrected chi connectivity index (χ1v) is 11.1. The SMILES string of the molecule is COc1cccc(CN2C(=O)Cc3c(C)nc([C@@H]4CCCN4C(=O)c4ccccn4)nc32)c1. The summed E-state index contributed by atoms with van der Waals surface area (Å²) in [6.45, 7) is 2.94. The molecule has 8 nitrogen and oxygen atoms in total. The lowest BCUT2D eigenvalue weighted by molar-refractivity contribution is -0.117. The van der Waals surface area contributed by atoms with Crippen LogP contribution in [0.2, 0.25) is 0 Å². The molecule has 1 atom stereocenters. The Morgan fingerprint density at radius 2 is 2.06 bits per heavy atom. The van der Waals surface area contributed by atoms with E-state index in [9.17, 15) is 9.59 Å². The number of carbonyl (C=O) groups is 2. The minimum absolute atomic E-state index is 0.00444. The highest BCUT2D eigenvalue weighted by atomic mass is 16.5. The van der Waals surface area contributed by atoms with E-state index in [2.05, 4.69) is 4.98 Å². The number of nitrogens with zero attached hydrogens (tertiary/aromatic N) is 5. The highest BCUT2D eigenvalue weighted by Crippen LogP contribution is 2.36. The number of likely N-dealkylation sites (tertiary alicyclic amines) is 1. The van der Waals surface area contributed by atoms with Crippen molar-refractivity contribution in [2.45, 2.75) is 38.8 Å². The number of carbonyl (C=O) groups excluding carboxylic acids is 2. The van der Waals surface area contributed by atoms with Gasteiger partial charge in [0.2, 0.25) is 5.91 Å². The van der Waals surface area contributed by atoms with E-state index in [0.717, 1.165) is 35.4 Å². The Labute approximate surface area is 192 Å². The zero-order valence-corrected chi connectivity index (χ0v) is 18.7. The monoisotopic (exact) mass is 443 g/mol. The fourth-order valence-corrected chi connectivity index (χ4v) is 4.58. The number of anilines is 1. The van der Waals surface area contributed by atoms with Crippen molar-refractivity contribution in [2.24, 2.45) is 0 Å². The molecule has 5 rings (SSSR count). The molecule has 0 radical (unpaired) electrons. The molecule has 8 heteroatoms. The summed E-state index contributed by atoms with van der Waals surface area (Å²) in [5.41, 5.74) is 3.01. The van der Waals surface area contributed by atoms with Crippen LogP contribution in [-0.2, 0) is 17.8 Å². The first-order chi connectivity index (χ1) is 16.0. The molecule has 0 bridgehead atoms. The summed E-state index contributed by atoms with van der Waals surface area (Å²) >= 11 is 0. The number of aryl methyl sites for hydroxylation is 1. The highest BCUT2D eigenvalue weighted by Gasteiger charge is 2.37. The van der Waals surface area contributed by atoms with E-state index in [-0.39, 0.29) is 24.3 Å². The number of aromatic nitrogens is 3. The Morgan fingerprint density at radius 3 is 2.85 bits per heavy atom. The smallest absolute Gasteiger partial charge is 0.273 e. The standard InChI is InChI=1S/C25H25N5O3/c1-16-19-14-22(31)30(15-17-7-5-8-18(13-17)33-2)24(19)28-23(27-16)21-10-6-12-29(21)25(32)20-9-3-4-11-26-20/h3-5,7-9,11,13,21H,6,10,12,14-15H2,1-2H3/t21-/m0/s1. The molecule has 1 fully saturated rings. The highest BCUT2D eigenvalue weighted by molar-refractivity contribution is 6.00. The molecule has 33 heavy (non-hydrogen) atoms. The summed E-state index contributed by atoms with van der Waals surface area (Å²) in [4.78, 5) is 43.3. The number of rotatable bonds is 5. The third-order valence-electron chi connectivity index (χ3n) is 6.26. The Bertz CT molecular complexity index is 1210. The molecule has 0 spiro atoms. The van der Waals surface area contributed by atoms with Crippen molar-refractivity contribution >= 4 is 17.6 Å². The fraction of sp³-hybridized carbons (Fsp3) is 0.320. The first kappa shape index (κ1) is 21.1. The Hall–Kier alpha value is -3.81. The molecule has 2 aliphatic rings. The van der Waals surface area contributed by atoms with Crippen molar-refractivity contribution in [3.63, 3.8) is 0 Å². The van der Waals surface area contributed by atoms with E-state index >= 15 is 0 Å². The number of pyridine rings is 1. The van der Waals surface area contributed by atoms with Crippen molar-refractivity contribution in [3.8, 4) is 5.75 Å². The molecule has 3 aromatic rings. The molecule has 2 aliphatic heterocycles. The zero-order chi connectivity index (χ0) is 22.9. The summed E-state index contributed by atoms with van der Waals surface area (Å²) in [7, 11) is 1.62. The van der Waals surface area contributed by atoms with E-state index in [1.54, 1.807) is 35.2 Å². The average molecular weight is 444 g/mol. The molecule has 0 unspecified atom stereocenters. The van der Waals surface area contributed by atoms with Crippen LogP contribution in [0.15, 0.2) is 48.7 Å². The van der Waals surface area contributed by atoms with Gasteiger partial charge in [0.1, 0.15) is 17.3 Å². The number of amides is 2. The van der Waals surface area contributed by atoms with E-state index in [1.165, 1.54) is 0 Å². The second kappa shape index (κ2) is 8.61. The number of fused-ring (bicyclic) bond motifs is 1. The molecule has 1 saturated heterocycles. The van der Waals surface area contributed by atoms with Gasteiger partial charge in [-0.3, -0.25) is 19.5 Å². The predicted molar refractivity (Wildman–Crippen MR) is 122 cm³/mol. The molecule has 0 saturated carbocycles. The van der Waals surface area contributed by atoms with E-state index in [4.69, 9.17) is 14.7 Å². The van der Waals surface area contributed by atoms with E-state index in [0.29, 0.717) is 30.4 Å². The fourth-order valence-electron chi connectivity index (χ4n) is 4.58. The maximum Gasteiger partial charge on any atom is 0.273 e. The van der Waals surface area contributed by atoms with Crippen LogP contribution >= 0.6 is 0 Å². The van der Waals surface area contributed by atoms with Crippen molar-refractivity contribution in [3.05, 3.63) is 77.0 Å². The number of hydrogen-bond acceptors (Lipinski definition) is 6. The molecule has 0 N–H and O–H groups in total. The molecule has 2 amide bonds. The first-order valence-electron chi connectivity index (χ1n) is 11.1. The molecule has 168 valence electrons. The molecule has 4 heterocycles. The van der Waals surface area contributed by atoms with Crippen LogP contribution in [-0.4, -0.2) is 45.3 Å². The van der Waals surface area contributed by atoms with Crippen molar-refractivity contribution in [2.75, 3.05) is 18.6 Å². The maximum atomic E-state index is 13.1. The zero-order valence-electron chi connectivity index (χ0n) is 18.7. The van der Waals surface area contributed by atoms with Gasteiger partial charge in [0.05, 0.1) is 26.1 Å². The summed E-state index contributed by atoms with van der Waals surface area (Å²) in [6.07, 6.45) is 3.55. The second-order valence-corrected chi connectivity index (χ2v) is 8.35. The van der Waals surface area contributed by atoms with Crippen molar-refractivity contribution < 1.29 is 14.3 Å². The number of ether oxygens (including phenoxy) is 1.